The van der Waals surface area contributed by atoms with Crippen LogP contribution in [0.4, 0.5) is 5.69 Å². The third kappa shape index (κ3) is 3.05. The second-order valence-corrected chi connectivity index (χ2v) is 6.03. The quantitative estimate of drug-likeness (QED) is 0.874. The minimum Gasteiger partial charge on any atom is -0.399 e. The summed E-state index contributed by atoms with van der Waals surface area (Å²) in [5, 5.41) is 1.06. The summed E-state index contributed by atoms with van der Waals surface area (Å²) in [6.07, 6.45) is 0. The molecule has 0 amide bonds. The van der Waals surface area contributed by atoms with Crippen LogP contribution in [-0.2, 0) is 16.6 Å². The third-order valence-electron chi connectivity index (χ3n) is 2.46. The van der Waals surface area contributed by atoms with Crippen LogP contribution in [0, 0.1) is 0 Å². The van der Waals surface area contributed by atoms with Gasteiger partial charge in [-0.2, -0.15) is 0 Å². The van der Waals surface area contributed by atoms with E-state index in [-0.39, 0.29) is 5.75 Å². The number of nitrogens with two attached hydrogens (primary N) is 1. The summed E-state index contributed by atoms with van der Waals surface area (Å²) in [5.74, 6) is 0.280. The molecule has 0 spiro atoms. The van der Waals surface area contributed by atoms with E-state index >= 15 is 0 Å². The summed E-state index contributed by atoms with van der Waals surface area (Å²) >= 11 is 12.1. The largest absolute Gasteiger partial charge is 0.399 e. The van der Waals surface area contributed by atoms with Gasteiger partial charge in [-0.1, -0.05) is 35.3 Å². The lowest BCUT2D eigenvalue weighted by atomic mass is 10.2. The number of halogens is 2. The molecule has 0 aromatic heterocycles. The Morgan fingerprint density at radius 1 is 1.06 bits per heavy atom. The zero-order valence-corrected chi connectivity index (χ0v) is 11.7. The first-order valence-electron chi connectivity index (χ1n) is 5.25. The molecule has 0 fully saturated rings. The Morgan fingerprint density at radius 3 is 2.28 bits per heavy atom. The van der Waals surface area contributed by atoms with Gasteiger partial charge in [0, 0.05) is 26.2 Å². The number of benzene rings is 2. The highest BCUT2D eigenvalue weighted by molar-refractivity contribution is 7.84. The molecule has 0 bridgehead atoms. The highest BCUT2D eigenvalue weighted by atomic mass is 35.5. The summed E-state index contributed by atoms with van der Waals surface area (Å²) in [6.45, 7) is 0. The molecule has 0 radical (unpaired) electrons. The van der Waals surface area contributed by atoms with E-state index in [0.717, 1.165) is 0 Å². The molecule has 2 aromatic carbocycles. The lowest BCUT2D eigenvalue weighted by Crippen LogP contribution is -1.99. The van der Waals surface area contributed by atoms with Crippen LogP contribution in [0.1, 0.15) is 5.56 Å². The van der Waals surface area contributed by atoms with Gasteiger partial charge in [0.2, 0.25) is 0 Å². The van der Waals surface area contributed by atoms with Gasteiger partial charge in [-0.15, -0.1) is 0 Å². The lowest BCUT2D eigenvalue weighted by molar-refractivity contribution is 0.682. The molecule has 0 aliphatic carbocycles. The number of anilines is 1. The molecule has 5 heteroatoms. The standard InChI is InChI=1S/C13H11Cl2NOS/c14-12-5-2-6-13(15)11(12)8-18(17)10-4-1-3-9(16)7-10/h1-7H,8,16H2. The fraction of sp³-hybridized carbons (Fsp3) is 0.0769. The summed E-state index contributed by atoms with van der Waals surface area (Å²) in [5.41, 5.74) is 6.95. The maximum Gasteiger partial charge on any atom is 0.0576 e. The van der Waals surface area contributed by atoms with Crippen LogP contribution < -0.4 is 5.73 Å². The summed E-state index contributed by atoms with van der Waals surface area (Å²) in [4.78, 5) is 0.672. The van der Waals surface area contributed by atoms with Crippen LogP contribution in [0.2, 0.25) is 10.0 Å². The minimum atomic E-state index is -1.21. The second kappa shape index (κ2) is 5.74. The zero-order chi connectivity index (χ0) is 13.1. The monoisotopic (exact) mass is 299 g/mol. The third-order valence-corrected chi connectivity index (χ3v) is 4.50. The molecule has 0 aliphatic heterocycles. The fourth-order valence-corrected chi connectivity index (χ4v) is 3.47. The molecule has 2 aromatic rings. The molecule has 0 aliphatic rings. The Hall–Kier alpha value is -1.03. The average molecular weight is 300 g/mol. The predicted molar refractivity (Wildman–Crippen MR) is 77.4 cm³/mol. The molecule has 94 valence electrons. The van der Waals surface area contributed by atoms with E-state index in [0.29, 0.717) is 26.2 Å². The van der Waals surface area contributed by atoms with Gasteiger partial charge >= 0.3 is 0 Å². The van der Waals surface area contributed by atoms with Gasteiger partial charge in [0.05, 0.1) is 16.6 Å². The Kier molecular flexibility index (Phi) is 4.27. The number of rotatable bonds is 3. The highest BCUT2D eigenvalue weighted by Gasteiger charge is 2.11. The minimum absolute atomic E-state index is 0.280. The normalized spacial score (nSPS) is 12.3. The number of nitrogen functional groups attached to an aromatic ring is 1. The summed E-state index contributed by atoms with van der Waals surface area (Å²) in [6, 6.07) is 12.2. The van der Waals surface area contributed by atoms with Crippen molar-refractivity contribution in [2.45, 2.75) is 10.6 Å². The van der Waals surface area contributed by atoms with Gasteiger partial charge in [-0.25, -0.2) is 0 Å². The second-order valence-electron chi connectivity index (χ2n) is 3.76. The van der Waals surface area contributed by atoms with Gasteiger partial charge in [-0.05, 0) is 30.3 Å². The van der Waals surface area contributed by atoms with Crippen molar-refractivity contribution in [3.05, 3.63) is 58.1 Å². The maximum atomic E-state index is 12.2. The molecule has 2 N–H and O–H groups in total. The average Bonchev–Trinajstić information content (AvgIpc) is 2.34. The maximum absolute atomic E-state index is 12.2. The lowest BCUT2D eigenvalue weighted by Gasteiger charge is -2.07. The molecule has 0 saturated carbocycles. The van der Waals surface area contributed by atoms with E-state index in [1.807, 2.05) is 0 Å². The molecule has 2 rings (SSSR count). The molecule has 0 saturated heterocycles. The van der Waals surface area contributed by atoms with E-state index in [4.69, 9.17) is 28.9 Å². The molecule has 0 heterocycles. The van der Waals surface area contributed by atoms with Gasteiger partial charge in [0.1, 0.15) is 0 Å². The smallest absolute Gasteiger partial charge is 0.0576 e. The van der Waals surface area contributed by atoms with Crippen molar-refractivity contribution >= 4 is 39.7 Å². The number of hydrogen-bond donors (Lipinski definition) is 1. The van der Waals surface area contributed by atoms with Crippen LogP contribution in [0.25, 0.3) is 0 Å². The van der Waals surface area contributed by atoms with Crippen molar-refractivity contribution in [1.29, 1.82) is 0 Å². The highest BCUT2D eigenvalue weighted by Crippen LogP contribution is 2.27. The van der Waals surface area contributed by atoms with E-state index < -0.39 is 10.8 Å². The zero-order valence-electron chi connectivity index (χ0n) is 9.40. The molecular formula is C13H11Cl2NOS. The van der Waals surface area contributed by atoms with Crippen molar-refractivity contribution in [2.75, 3.05) is 5.73 Å². The first-order valence-corrected chi connectivity index (χ1v) is 7.32. The van der Waals surface area contributed by atoms with Crippen LogP contribution in [0.3, 0.4) is 0 Å². The van der Waals surface area contributed by atoms with Crippen molar-refractivity contribution in [2.24, 2.45) is 0 Å². The van der Waals surface area contributed by atoms with E-state index in [2.05, 4.69) is 0 Å². The molecule has 18 heavy (non-hydrogen) atoms. The molecular weight excluding hydrogens is 289 g/mol. The molecule has 2 nitrogen and oxygen atoms in total. The fourth-order valence-electron chi connectivity index (χ4n) is 1.54. The van der Waals surface area contributed by atoms with Crippen LogP contribution >= 0.6 is 23.2 Å². The van der Waals surface area contributed by atoms with Crippen LogP contribution in [0.15, 0.2) is 47.4 Å². The van der Waals surface area contributed by atoms with Gasteiger partial charge in [0.25, 0.3) is 0 Å². The van der Waals surface area contributed by atoms with Gasteiger partial charge in [-0.3, -0.25) is 4.21 Å². The van der Waals surface area contributed by atoms with Crippen molar-refractivity contribution in [1.82, 2.24) is 0 Å². The van der Waals surface area contributed by atoms with Gasteiger partial charge < -0.3 is 5.73 Å². The topological polar surface area (TPSA) is 43.1 Å². The van der Waals surface area contributed by atoms with E-state index in [9.17, 15) is 4.21 Å². The summed E-state index contributed by atoms with van der Waals surface area (Å²) < 4.78 is 12.2. The summed E-state index contributed by atoms with van der Waals surface area (Å²) in [7, 11) is -1.21. The molecule has 1 atom stereocenters. The van der Waals surface area contributed by atoms with Crippen molar-refractivity contribution in [3.8, 4) is 0 Å². The Balaban J connectivity index is 2.27. The Labute approximate surface area is 118 Å². The van der Waals surface area contributed by atoms with Crippen LogP contribution in [0.5, 0.6) is 0 Å². The molecule has 1 unspecified atom stereocenters. The predicted octanol–water partition coefficient (Wildman–Crippen LogP) is 3.88. The Morgan fingerprint density at radius 2 is 1.67 bits per heavy atom. The van der Waals surface area contributed by atoms with E-state index in [1.54, 1.807) is 42.5 Å². The van der Waals surface area contributed by atoms with Crippen LogP contribution in [-0.4, -0.2) is 4.21 Å². The first-order chi connectivity index (χ1) is 8.58. The van der Waals surface area contributed by atoms with Crippen molar-refractivity contribution < 1.29 is 4.21 Å². The van der Waals surface area contributed by atoms with E-state index in [1.165, 1.54) is 0 Å². The SMILES string of the molecule is Nc1cccc(S(=O)Cc2c(Cl)cccc2Cl)c1. The number of hydrogen-bond acceptors (Lipinski definition) is 2. The first kappa shape index (κ1) is 13.4. The van der Waals surface area contributed by atoms with Crippen molar-refractivity contribution in [3.63, 3.8) is 0 Å². The Bertz CT molecular complexity index is 581. The van der Waals surface area contributed by atoms with Gasteiger partial charge in [0.15, 0.2) is 0 Å².